The van der Waals surface area contributed by atoms with E-state index in [1.807, 2.05) is 0 Å². The van der Waals surface area contributed by atoms with Gasteiger partial charge in [-0.2, -0.15) is 4.31 Å². The largest absolute Gasteiger partial charge is 0.301 e. The Morgan fingerprint density at radius 2 is 1.32 bits per heavy atom. The molecule has 2 amide bonds. The van der Waals surface area contributed by atoms with Crippen molar-refractivity contribution in [2.45, 2.75) is 17.7 Å². The number of rotatable bonds is 7. The quantitative estimate of drug-likeness (QED) is 0.468. The molecule has 9 heteroatoms. The van der Waals surface area contributed by atoms with Gasteiger partial charge in [-0.15, -0.1) is 0 Å². The van der Waals surface area contributed by atoms with Crippen LogP contribution in [0.5, 0.6) is 0 Å². The maximum Gasteiger partial charge on any atom is 0.261 e. The molecule has 0 N–H and O–H groups in total. The maximum absolute atomic E-state index is 12.8. The van der Waals surface area contributed by atoms with Crippen molar-refractivity contribution < 1.29 is 18.0 Å². The molecule has 1 fully saturated rings. The molecular weight excluding hydrogens is 438 g/mol. The monoisotopic (exact) mass is 461 g/mol. The fraction of sp³-hybridized carbons (Fsp3) is 0.364. The molecule has 0 atom stereocenters. The molecule has 2 heterocycles. The molecule has 4 rings (SSSR count). The molecule has 2 aromatic carbocycles. The minimum absolute atomic E-state index is 0.145. The highest BCUT2D eigenvalue weighted by molar-refractivity contribution is 7.89. The highest BCUT2D eigenvalue weighted by Crippen LogP contribution is 2.25. The Hall–Kier alpha value is -2.26. The molecule has 0 unspecified atom stereocenters. The Balaban J connectivity index is 1.23. The summed E-state index contributed by atoms with van der Waals surface area (Å²) in [7, 11) is -3.60. The molecule has 0 saturated carbocycles. The number of fused-ring (bicyclic) bond motifs is 1. The van der Waals surface area contributed by atoms with Gasteiger partial charge in [0, 0.05) is 32.7 Å². The number of nitrogens with zero attached hydrogens (tertiary/aromatic N) is 3. The van der Waals surface area contributed by atoms with E-state index in [2.05, 4.69) is 4.90 Å². The van der Waals surface area contributed by atoms with Crippen LogP contribution in [0.25, 0.3) is 0 Å². The molecule has 2 aromatic rings. The van der Waals surface area contributed by atoms with Crippen molar-refractivity contribution in [1.29, 1.82) is 0 Å². The van der Waals surface area contributed by atoms with Crippen molar-refractivity contribution in [2.75, 3.05) is 39.3 Å². The van der Waals surface area contributed by atoms with Crippen LogP contribution in [0.4, 0.5) is 0 Å². The number of halogens is 1. The minimum Gasteiger partial charge on any atom is -0.301 e. The third-order valence-corrected chi connectivity index (χ3v) is 8.17. The summed E-state index contributed by atoms with van der Waals surface area (Å²) >= 11 is 6.08. The first-order valence-corrected chi connectivity index (χ1v) is 12.1. The van der Waals surface area contributed by atoms with Gasteiger partial charge >= 0.3 is 0 Å². The molecule has 0 bridgehead atoms. The SMILES string of the molecule is O=C1c2ccccc2C(=O)N1CCCCN1CCN(S(=O)(=O)c2ccccc2Cl)CC1. The van der Waals surface area contributed by atoms with E-state index in [0.717, 1.165) is 13.0 Å². The van der Waals surface area contributed by atoms with Crippen molar-refractivity contribution in [1.82, 2.24) is 14.1 Å². The fourth-order valence-corrected chi connectivity index (χ4v) is 5.95. The second-order valence-electron chi connectivity index (χ2n) is 7.69. The predicted molar refractivity (Wildman–Crippen MR) is 118 cm³/mol. The molecule has 7 nitrogen and oxygen atoms in total. The van der Waals surface area contributed by atoms with Gasteiger partial charge in [0.25, 0.3) is 11.8 Å². The zero-order valence-corrected chi connectivity index (χ0v) is 18.6. The molecule has 2 aliphatic rings. The van der Waals surface area contributed by atoms with E-state index in [0.29, 0.717) is 50.3 Å². The second-order valence-corrected chi connectivity index (χ2v) is 10.0. The van der Waals surface area contributed by atoms with Crippen LogP contribution < -0.4 is 0 Å². The lowest BCUT2D eigenvalue weighted by Gasteiger charge is -2.34. The summed E-state index contributed by atoms with van der Waals surface area (Å²) in [6, 6.07) is 13.4. The van der Waals surface area contributed by atoms with Gasteiger partial charge in [-0.3, -0.25) is 14.5 Å². The zero-order chi connectivity index (χ0) is 22.0. The molecule has 0 radical (unpaired) electrons. The molecule has 0 spiro atoms. The lowest BCUT2D eigenvalue weighted by molar-refractivity contribution is 0.0649. The van der Waals surface area contributed by atoms with Crippen molar-refractivity contribution in [3.63, 3.8) is 0 Å². The number of benzene rings is 2. The normalized spacial score (nSPS) is 17.9. The van der Waals surface area contributed by atoms with E-state index in [-0.39, 0.29) is 21.7 Å². The number of piperazine rings is 1. The highest BCUT2D eigenvalue weighted by atomic mass is 35.5. The number of hydrogen-bond donors (Lipinski definition) is 0. The third kappa shape index (κ3) is 4.39. The molecule has 0 aromatic heterocycles. The summed E-state index contributed by atoms with van der Waals surface area (Å²) in [6.45, 7) is 3.28. The van der Waals surface area contributed by atoms with E-state index in [4.69, 9.17) is 11.6 Å². The Morgan fingerprint density at radius 3 is 1.94 bits per heavy atom. The second kappa shape index (κ2) is 9.08. The number of unbranched alkanes of at least 4 members (excludes halogenated alkanes) is 1. The first-order chi connectivity index (χ1) is 14.9. The summed E-state index contributed by atoms with van der Waals surface area (Å²) in [5, 5.41) is 0.234. The summed E-state index contributed by atoms with van der Waals surface area (Å²) in [5.41, 5.74) is 0.951. The number of amides is 2. The van der Waals surface area contributed by atoms with Crippen LogP contribution in [0, 0.1) is 0 Å². The first kappa shape index (κ1) is 22.0. The smallest absolute Gasteiger partial charge is 0.261 e. The lowest BCUT2D eigenvalue weighted by atomic mass is 10.1. The van der Waals surface area contributed by atoms with Gasteiger partial charge in [-0.05, 0) is 43.7 Å². The first-order valence-electron chi connectivity index (χ1n) is 10.3. The number of hydrogen-bond acceptors (Lipinski definition) is 5. The van der Waals surface area contributed by atoms with Crippen LogP contribution in [0.3, 0.4) is 0 Å². The van der Waals surface area contributed by atoms with E-state index >= 15 is 0 Å². The highest BCUT2D eigenvalue weighted by Gasteiger charge is 2.34. The van der Waals surface area contributed by atoms with Gasteiger partial charge in [-0.25, -0.2) is 8.42 Å². The van der Waals surface area contributed by atoms with Gasteiger partial charge in [0.2, 0.25) is 10.0 Å². The number of carbonyl (C=O) groups excluding carboxylic acids is 2. The topological polar surface area (TPSA) is 78.0 Å². The van der Waals surface area contributed by atoms with Crippen LogP contribution in [0.15, 0.2) is 53.4 Å². The van der Waals surface area contributed by atoms with E-state index in [1.165, 1.54) is 15.3 Å². The van der Waals surface area contributed by atoms with Crippen molar-refractivity contribution >= 4 is 33.4 Å². The van der Waals surface area contributed by atoms with Crippen LogP contribution in [-0.2, 0) is 10.0 Å². The Morgan fingerprint density at radius 1 is 0.774 bits per heavy atom. The average molecular weight is 462 g/mol. The van der Waals surface area contributed by atoms with Gasteiger partial charge < -0.3 is 4.90 Å². The number of carbonyl (C=O) groups is 2. The number of sulfonamides is 1. The molecule has 1 saturated heterocycles. The standard InChI is InChI=1S/C22H24ClN3O4S/c23-19-9-3-4-10-20(19)31(29,30)25-15-13-24(14-16-25)11-5-6-12-26-21(27)17-7-1-2-8-18(17)22(26)28/h1-4,7-10H,5-6,11-16H2. The minimum atomic E-state index is -3.60. The van der Waals surface area contributed by atoms with Crippen LogP contribution in [0.1, 0.15) is 33.6 Å². The van der Waals surface area contributed by atoms with Crippen molar-refractivity contribution in [3.8, 4) is 0 Å². The summed E-state index contributed by atoms with van der Waals surface area (Å²) in [5.74, 6) is -0.446. The number of imide groups is 1. The predicted octanol–water partition coefficient (Wildman–Crippen LogP) is 2.72. The summed E-state index contributed by atoms with van der Waals surface area (Å²) in [4.78, 5) is 28.5. The average Bonchev–Trinajstić information content (AvgIpc) is 3.02. The van der Waals surface area contributed by atoms with Crippen LogP contribution in [-0.4, -0.2) is 73.6 Å². The third-order valence-electron chi connectivity index (χ3n) is 5.77. The summed E-state index contributed by atoms with van der Waals surface area (Å²) < 4.78 is 27.1. The van der Waals surface area contributed by atoms with Gasteiger partial charge in [0.1, 0.15) is 4.90 Å². The van der Waals surface area contributed by atoms with Crippen LogP contribution >= 0.6 is 11.6 Å². The van der Waals surface area contributed by atoms with E-state index in [1.54, 1.807) is 42.5 Å². The molecular formula is C22H24ClN3O4S. The van der Waals surface area contributed by atoms with E-state index in [9.17, 15) is 18.0 Å². The van der Waals surface area contributed by atoms with Gasteiger partial charge in [0.15, 0.2) is 0 Å². The van der Waals surface area contributed by atoms with Crippen molar-refractivity contribution in [2.24, 2.45) is 0 Å². The van der Waals surface area contributed by atoms with Crippen LogP contribution in [0.2, 0.25) is 5.02 Å². The molecule has 31 heavy (non-hydrogen) atoms. The fourth-order valence-electron chi connectivity index (χ4n) is 4.03. The Bertz CT molecular complexity index is 1060. The molecule has 164 valence electrons. The maximum atomic E-state index is 12.8. The lowest BCUT2D eigenvalue weighted by Crippen LogP contribution is -2.48. The molecule has 2 aliphatic heterocycles. The Labute approximate surface area is 187 Å². The molecule has 0 aliphatic carbocycles. The zero-order valence-electron chi connectivity index (χ0n) is 17.0. The van der Waals surface area contributed by atoms with Gasteiger partial charge in [0.05, 0.1) is 16.1 Å². The van der Waals surface area contributed by atoms with Gasteiger partial charge in [-0.1, -0.05) is 35.9 Å². The Kier molecular flexibility index (Phi) is 6.43. The summed E-state index contributed by atoms with van der Waals surface area (Å²) in [6.07, 6.45) is 1.54. The van der Waals surface area contributed by atoms with E-state index < -0.39 is 10.0 Å². The van der Waals surface area contributed by atoms with Crippen molar-refractivity contribution in [3.05, 3.63) is 64.7 Å².